The highest BCUT2D eigenvalue weighted by molar-refractivity contribution is 7.88. The average Bonchev–Trinajstić information content (AvgIpc) is 2.59. The van der Waals surface area contributed by atoms with Crippen molar-refractivity contribution >= 4 is 34.3 Å². The summed E-state index contributed by atoms with van der Waals surface area (Å²) in [5.41, 5.74) is 0.640. The van der Waals surface area contributed by atoms with Crippen LogP contribution < -0.4 is 4.90 Å². The lowest BCUT2D eigenvalue weighted by Gasteiger charge is -2.23. The maximum atomic E-state index is 12.5. The van der Waals surface area contributed by atoms with Gasteiger partial charge in [-0.1, -0.05) is 12.1 Å². The third kappa shape index (κ3) is 5.68. The van der Waals surface area contributed by atoms with Crippen molar-refractivity contribution in [3.05, 3.63) is 47.5 Å². The van der Waals surface area contributed by atoms with Gasteiger partial charge in [-0.3, -0.25) is 9.69 Å². The molecule has 0 aliphatic heterocycles. The highest BCUT2D eigenvalue weighted by Gasteiger charge is 2.20. The van der Waals surface area contributed by atoms with E-state index in [0.717, 1.165) is 12.2 Å². The first-order chi connectivity index (χ1) is 11.8. The maximum Gasteiger partial charge on any atom is 0.332 e. The topological polar surface area (TPSA) is 90.0 Å². The predicted molar refractivity (Wildman–Crippen MR) is 92.9 cm³/mol. The number of amides is 1. The molecule has 1 atom stereocenters. The predicted octanol–water partition coefficient (Wildman–Crippen LogP) is 1.91. The maximum absolute atomic E-state index is 12.5. The summed E-state index contributed by atoms with van der Waals surface area (Å²) in [7, 11) is 0.733. The molecular weight excluding hydrogens is 346 g/mol. The van der Waals surface area contributed by atoms with Crippen LogP contribution >= 0.6 is 0 Å². The van der Waals surface area contributed by atoms with Crippen molar-refractivity contribution in [3.8, 4) is 0 Å². The van der Waals surface area contributed by atoms with Gasteiger partial charge < -0.3 is 9.47 Å². The van der Waals surface area contributed by atoms with Crippen LogP contribution in [-0.2, 0) is 34.7 Å². The van der Waals surface area contributed by atoms with Gasteiger partial charge in [0.2, 0.25) is 5.91 Å². The first-order valence-electron chi connectivity index (χ1n) is 7.14. The van der Waals surface area contributed by atoms with Gasteiger partial charge in [0, 0.05) is 30.2 Å². The molecule has 134 valence electrons. The Morgan fingerprint density at radius 2 is 1.64 bits per heavy atom. The molecule has 1 unspecified atom stereocenters. The minimum absolute atomic E-state index is 0.301. The van der Waals surface area contributed by atoms with Gasteiger partial charge in [0.1, 0.15) is 0 Å². The normalized spacial score (nSPS) is 12.6. The van der Waals surface area contributed by atoms with Crippen molar-refractivity contribution < 1.29 is 28.1 Å². The van der Waals surface area contributed by atoms with Crippen LogP contribution in [0.4, 0.5) is 5.69 Å². The number of methoxy groups -OCH3 is 2. The molecule has 0 aliphatic carbocycles. The van der Waals surface area contributed by atoms with Crippen LogP contribution in [0.2, 0.25) is 0 Å². The highest BCUT2D eigenvalue weighted by atomic mass is 32.2. The Balaban J connectivity index is 3.35. The third-order valence-electron chi connectivity index (χ3n) is 3.05. The molecule has 0 saturated carbocycles. The minimum Gasteiger partial charge on any atom is -0.466 e. The molecule has 8 heteroatoms. The van der Waals surface area contributed by atoms with E-state index in [-0.39, 0.29) is 5.91 Å². The van der Waals surface area contributed by atoms with Gasteiger partial charge in [-0.25, -0.2) is 13.8 Å². The number of benzene rings is 1. The van der Waals surface area contributed by atoms with Crippen molar-refractivity contribution in [2.24, 2.45) is 0 Å². The lowest BCUT2D eigenvalue weighted by atomic mass is 10.2. The number of anilines is 1. The molecule has 0 N–H and O–H groups in total. The molecule has 0 fully saturated rings. The second-order valence-electron chi connectivity index (χ2n) is 4.75. The summed E-state index contributed by atoms with van der Waals surface area (Å²) >= 11 is 0. The molecular formula is C17H19NO6S. The second-order valence-corrected chi connectivity index (χ2v) is 6.06. The smallest absolute Gasteiger partial charge is 0.332 e. The third-order valence-corrected chi connectivity index (χ3v) is 4.21. The summed E-state index contributed by atoms with van der Waals surface area (Å²) in [5, 5.41) is 1.17. The fourth-order valence-electron chi connectivity index (χ4n) is 1.97. The molecule has 1 aromatic carbocycles. The average molecular weight is 365 g/mol. The van der Waals surface area contributed by atoms with Gasteiger partial charge in [0.15, 0.2) is 0 Å². The van der Waals surface area contributed by atoms with Crippen molar-refractivity contribution in [2.75, 3.05) is 19.1 Å². The summed E-state index contributed by atoms with van der Waals surface area (Å²) in [6.45, 7) is 2.88. The summed E-state index contributed by atoms with van der Waals surface area (Å²) in [6.07, 6.45) is 2.20. The Kier molecular flexibility index (Phi) is 7.74. The van der Waals surface area contributed by atoms with Crippen LogP contribution in [0.5, 0.6) is 0 Å². The molecule has 1 rings (SSSR count). The number of esters is 2. The number of carbonyl (C=O) groups excluding carboxylic acids is 3. The lowest BCUT2D eigenvalue weighted by Crippen LogP contribution is -2.28. The number of para-hydroxylation sites is 1. The molecule has 7 nitrogen and oxygen atoms in total. The summed E-state index contributed by atoms with van der Waals surface area (Å²) in [5.74, 6) is -1.64. The van der Waals surface area contributed by atoms with Crippen LogP contribution in [-0.4, -0.2) is 36.3 Å². The number of hydrogen-bond donors (Lipinski definition) is 0. The zero-order valence-electron chi connectivity index (χ0n) is 14.3. The lowest BCUT2D eigenvalue weighted by molar-refractivity contribution is -0.135. The van der Waals surface area contributed by atoms with Gasteiger partial charge in [0.25, 0.3) is 0 Å². The zero-order valence-corrected chi connectivity index (χ0v) is 15.2. The SMILES string of the molecule is COC(=O)/C=C/S(=O)c1ccccc1N(C(C)=O)/C(C)=C/C(=O)OC. The number of hydrogen-bond acceptors (Lipinski definition) is 6. The number of allylic oxidation sites excluding steroid dienone is 1. The molecule has 0 heterocycles. The first kappa shape index (κ1) is 20.3. The Bertz CT molecular complexity index is 753. The summed E-state index contributed by atoms with van der Waals surface area (Å²) in [4.78, 5) is 36.3. The zero-order chi connectivity index (χ0) is 19.0. The second kappa shape index (κ2) is 9.53. The molecule has 1 amide bonds. The molecule has 0 spiro atoms. The molecule has 1 aromatic rings. The minimum atomic E-state index is -1.70. The Labute approximate surface area is 148 Å². The number of nitrogens with zero attached hydrogens (tertiary/aromatic N) is 1. The van der Waals surface area contributed by atoms with E-state index in [1.807, 2.05) is 0 Å². The van der Waals surface area contributed by atoms with Crippen molar-refractivity contribution in [2.45, 2.75) is 18.7 Å². The van der Waals surface area contributed by atoms with E-state index >= 15 is 0 Å². The highest BCUT2D eigenvalue weighted by Crippen LogP contribution is 2.27. The number of rotatable bonds is 6. The monoisotopic (exact) mass is 365 g/mol. The van der Waals surface area contributed by atoms with E-state index < -0.39 is 22.7 Å². The van der Waals surface area contributed by atoms with E-state index in [4.69, 9.17) is 0 Å². The van der Waals surface area contributed by atoms with Crippen LogP contribution in [0.3, 0.4) is 0 Å². The van der Waals surface area contributed by atoms with Crippen LogP contribution in [0.1, 0.15) is 13.8 Å². The fraction of sp³-hybridized carbons (Fsp3) is 0.235. The van der Waals surface area contributed by atoms with Crippen LogP contribution in [0.15, 0.2) is 52.4 Å². The van der Waals surface area contributed by atoms with E-state index in [1.54, 1.807) is 31.2 Å². The van der Waals surface area contributed by atoms with E-state index in [0.29, 0.717) is 16.3 Å². The van der Waals surface area contributed by atoms with Gasteiger partial charge in [-0.15, -0.1) is 0 Å². The van der Waals surface area contributed by atoms with Crippen LogP contribution in [0.25, 0.3) is 0 Å². The molecule has 0 bridgehead atoms. The Morgan fingerprint density at radius 1 is 1.04 bits per heavy atom. The quantitative estimate of drug-likeness (QED) is 0.565. The number of ether oxygens (including phenoxy) is 2. The summed E-state index contributed by atoms with van der Waals surface area (Å²) in [6, 6.07) is 6.48. The van der Waals surface area contributed by atoms with Crippen LogP contribution in [0, 0.1) is 0 Å². The molecule has 25 heavy (non-hydrogen) atoms. The Morgan fingerprint density at radius 3 is 2.20 bits per heavy atom. The van der Waals surface area contributed by atoms with Gasteiger partial charge in [-0.05, 0) is 19.1 Å². The van der Waals surface area contributed by atoms with Crippen molar-refractivity contribution in [1.82, 2.24) is 0 Å². The van der Waals surface area contributed by atoms with E-state index in [1.165, 1.54) is 31.5 Å². The van der Waals surface area contributed by atoms with Gasteiger partial charge >= 0.3 is 11.9 Å². The standard InChI is InChI=1S/C17H19NO6S/c1-12(11-17(21)24-4)18(13(2)19)14-7-5-6-8-15(14)25(22)10-9-16(20)23-3/h5-11H,1-4H3/b10-9+,12-11+. The van der Waals surface area contributed by atoms with E-state index in [2.05, 4.69) is 9.47 Å². The first-order valence-corrected chi connectivity index (χ1v) is 8.35. The summed E-state index contributed by atoms with van der Waals surface area (Å²) < 4.78 is 21.5. The van der Waals surface area contributed by atoms with E-state index in [9.17, 15) is 18.6 Å². The molecule has 0 aliphatic rings. The molecule has 0 radical (unpaired) electrons. The van der Waals surface area contributed by atoms with Gasteiger partial charge in [0.05, 0.1) is 35.6 Å². The van der Waals surface area contributed by atoms with Crippen molar-refractivity contribution in [3.63, 3.8) is 0 Å². The Hall–Kier alpha value is -2.74. The van der Waals surface area contributed by atoms with Gasteiger partial charge in [-0.2, -0.15) is 0 Å². The largest absolute Gasteiger partial charge is 0.466 e. The number of carbonyl (C=O) groups is 3. The fourth-order valence-corrected chi connectivity index (χ4v) is 2.93. The molecule has 0 saturated heterocycles. The van der Waals surface area contributed by atoms with Crippen molar-refractivity contribution in [1.29, 1.82) is 0 Å². The molecule has 0 aromatic heterocycles.